The van der Waals surface area contributed by atoms with Gasteiger partial charge in [0.1, 0.15) is 0 Å². The molecule has 3 atom stereocenters. The number of halogens is 1. The van der Waals surface area contributed by atoms with Gasteiger partial charge in [0, 0.05) is 17.8 Å². The molecule has 0 saturated heterocycles. The first-order chi connectivity index (χ1) is 7.18. The minimum atomic E-state index is 0.169. The van der Waals surface area contributed by atoms with Crippen molar-refractivity contribution in [3.8, 4) is 0 Å². The van der Waals surface area contributed by atoms with E-state index in [-0.39, 0.29) is 17.4 Å². The van der Waals surface area contributed by atoms with Crippen LogP contribution in [0.15, 0.2) is 0 Å². The van der Waals surface area contributed by atoms with Crippen LogP contribution in [0, 0.1) is 17.3 Å². The summed E-state index contributed by atoms with van der Waals surface area (Å²) in [5.41, 5.74) is 0.196. The second-order valence-corrected chi connectivity index (χ2v) is 6.61. The van der Waals surface area contributed by atoms with E-state index >= 15 is 0 Å². The van der Waals surface area contributed by atoms with E-state index in [1.54, 1.807) is 0 Å². The van der Waals surface area contributed by atoms with Gasteiger partial charge in [0.25, 0.3) is 0 Å². The normalized spacial score (nSPS) is 17.7. The van der Waals surface area contributed by atoms with Gasteiger partial charge in [0.15, 0.2) is 0 Å². The molecule has 0 rings (SSSR count). The molecule has 0 spiro atoms. The van der Waals surface area contributed by atoms with E-state index in [0.717, 1.165) is 5.33 Å². The highest BCUT2D eigenvalue weighted by Gasteiger charge is 2.23. The Morgan fingerprint density at radius 3 is 2.12 bits per heavy atom. The van der Waals surface area contributed by atoms with E-state index in [1.165, 1.54) is 0 Å². The van der Waals surface area contributed by atoms with Crippen molar-refractivity contribution in [3.05, 3.63) is 0 Å². The van der Waals surface area contributed by atoms with Crippen LogP contribution < -0.4 is 5.32 Å². The molecule has 0 fully saturated rings. The number of alkyl halides is 1. The van der Waals surface area contributed by atoms with Gasteiger partial charge in [-0.25, -0.2) is 0 Å². The van der Waals surface area contributed by atoms with Crippen molar-refractivity contribution in [2.75, 3.05) is 5.33 Å². The molecule has 1 N–H and O–H groups in total. The Bertz CT molecular complexity index is 222. The van der Waals surface area contributed by atoms with Crippen molar-refractivity contribution in [1.82, 2.24) is 5.32 Å². The molecule has 0 aliphatic rings. The summed E-state index contributed by atoms with van der Waals surface area (Å²) in [5, 5.41) is 3.98. The summed E-state index contributed by atoms with van der Waals surface area (Å²) in [6, 6.07) is 0.235. The molecular formula is C13H26BrNO. The van der Waals surface area contributed by atoms with Gasteiger partial charge in [-0.05, 0) is 24.2 Å². The minimum absolute atomic E-state index is 0.169. The average Bonchev–Trinajstić information content (AvgIpc) is 2.14. The molecule has 0 heterocycles. The number of carbonyl (C=O) groups excluding carboxylic acids is 1. The van der Waals surface area contributed by atoms with Crippen molar-refractivity contribution in [2.45, 2.75) is 54.0 Å². The van der Waals surface area contributed by atoms with Gasteiger partial charge in [0.2, 0.25) is 5.91 Å². The van der Waals surface area contributed by atoms with Gasteiger partial charge in [-0.1, -0.05) is 50.5 Å². The highest BCUT2D eigenvalue weighted by molar-refractivity contribution is 9.09. The Morgan fingerprint density at radius 1 is 1.25 bits per heavy atom. The van der Waals surface area contributed by atoms with Gasteiger partial charge >= 0.3 is 0 Å². The molecule has 0 saturated carbocycles. The molecular weight excluding hydrogens is 266 g/mol. The van der Waals surface area contributed by atoms with Crippen LogP contribution >= 0.6 is 15.9 Å². The fourth-order valence-corrected chi connectivity index (χ4v) is 1.73. The third-order valence-electron chi connectivity index (χ3n) is 3.46. The quantitative estimate of drug-likeness (QED) is 0.771. The Kier molecular flexibility index (Phi) is 6.61. The van der Waals surface area contributed by atoms with Gasteiger partial charge in [-0.15, -0.1) is 0 Å². The maximum atomic E-state index is 11.8. The summed E-state index contributed by atoms with van der Waals surface area (Å²) in [6.07, 6.45) is 0.614. The van der Waals surface area contributed by atoms with E-state index in [2.05, 4.69) is 62.8 Å². The van der Waals surface area contributed by atoms with Gasteiger partial charge in [0.05, 0.1) is 0 Å². The van der Waals surface area contributed by atoms with E-state index in [4.69, 9.17) is 0 Å². The first-order valence-corrected chi connectivity index (χ1v) is 7.16. The van der Waals surface area contributed by atoms with Crippen LogP contribution in [-0.2, 0) is 4.79 Å². The lowest BCUT2D eigenvalue weighted by Crippen LogP contribution is -2.39. The highest BCUT2D eigenvalue weighted by Crippen LogP contribution is 2.27. The zero-order valence-electron chi connectivity index (χ0n) is 11.4. The number of nitrogens with one attached hydrogen (secondary N) is 1. The summed E-state index contributed by atoms with van der Waals surface area (Å²) in [4.78, 5) is 11.8. The molecule has 3 heteroatoms. The first kappa shape index (κ1) is 16.0. The second-order valence-electron chi connectivity index (χ2n) is 5.96. The number of hydrogen-bond donors (Lipinski definition) is 1. The van der Waals surface area contributed by atoms with Crippen LogP contribution in [0.4, 0.5) is 0 Å². The van der Waals surface area contributed by atoms with Crippen LogP contribution in [0.1, 0.15) is 48.0 Å². The predicted molar refractivity (Wildman–Crippen MR) is 73.8 cm³/mol. The maximum absolute atomic E-state index is 11.8. The predicted octanol–water partition coefficient (Wildman–Crippen LogP) is 3.59. The van der Waals surface area contributed by atoms with Crippen molar-refractivity contribution < 1.29 is 4.79 Å². The molecule has 0 aliphatic carbocycles. The topological polar surface area (TPSA) is 29.1 Å². The molecule has 96 valence electrons. The summed E-state index contributed by atoms with van der Waals surface area (Å²) in [5.74, 6) is 1.04. The Hall–Kier alpha value is -0.0500. The maximum Gasteiger partial charge on any atom is 0.220 e. The Balaban J connectivity index is 4.09. The number of rotatable bonds is 5. The molecule has 1 amide bonds. The van der Waals surface area contributed by atoms with Crippen LogP contribution in [0.3, 0.4) is 0 Å². The highest BCUT2D eigenvalue weighted by atomic mass is 79.9. The molecule has 2 nitrogen and oxygen atoms in total. The monoisotopic (exact) mass is 291 g/mol. The van der Waals surface area contributed by atoms with E-state index in [0.29, 0.717) is 18.3 Å². The molecule has 0 aromatic rings. The molecule has 0 radical (unpaired) electrons. The third kappa shape index (κ3) is 5.88. The SMILES string of the molecule is CC(CBr)C(C)NC(=O)CC(C)C(C)(C)C. The standard InChI is InChI=1S/C13H26BrNO/c1-9(8-14)11(3)15-12(16)7-10(2)13(4,5)6/h9-11H,7-8H2,1-6H3,(H,15,16). The minimum Gasteiger partial charge on any atom is -0.353 e. The molecule has 0 bridgehead atoms. The molecule has 0 aliphatic heterocycles. The van der Waals surface area contributed by atoms with Gasteiger partial charge in [-0.2, -0.15) is 0 Å². The zero-order chi connectivity index (χ0) is 12.9. The summed E-state index contributed by atoms with van der Waals surface area (Å²) < 4.78 is 0. The van der Waals surface area contributed by atoms with Crippen molar-refractivity contribution >= 4 is 21.8 Å². The van der Waals surface area contributed by atoms with Crippen LogP contribution in [0.5, 0.6) is 0 Å². The average molecular weight is 292 g/mol. The van der Waals surface area contributed by atoms with Crippen molar-refractivity contribution in [3.63, 3.8) is 0 Å². The Morgan fingerprint density at radius 2 is 1.75 bits per heavy atom. The van der Waals surface area contributed by atoms with Crippen LogP contribution in [0.25, 0.3) is 0 Å². The van der Waals surface area contributed by atoms with Gasteiger partial charge < -0.3 is 5.32 Å². The molecule has 0 aromatic carbocycles. The second kappa shape index (κ2) is 6.63. The van der Waals surface area contributed by atoms with Gasteiger partial charge in [-0.3, -0.25) is 4.79 Å². The van der Waals surface area contributed by atoms with E-state index in [1.807, 2.05) is 0 Å². The fraction of sp³-hybridized carbons (Fsp3) is 0.923. The van der Waals surface area contributed by atoms with E-state index < -0.39 is 0 Å². The largest absolute Gasteiger partial charge is 0.353 e. The lowest BCUT2D eigenvalue weighted by Gasteiger charge is -2.28. The molecule has 3 unspecified atom stereocenters. The lowest BCUT2D eigenvalue weighted by atomic mass is 9.80. The fourth-order valence-electron chi connectivity index (χ4n) is 1.17. The summed E-state index contributed by atoms with van der Waals surface area (Å²) in [7, 11) is 0. The zero-order valence-corrected chi connectivity index (χ0v) is 13.0. The number of amides is 1. The van der Waals surface area contributed by atoms with Crippen LogP contribution in [-0.4, -0.2) is 17.3 Å². The third-order valence-corrected chi connectivity index (χ3v) is 4.48. The first-order valence-electron chi connectivity index (χ1n) is 6.03. The lowest BCUT2D eigenvalue weighted by molar-refractivity contribution is -0.123. The van der Waals surface area contributed by atoms with Crippen molar-refractivity contribution in [1.29, 1.82) is 0 Å². The van der Waals surface area contributed by atoms with Crippen LogP contribution in [0.2, 0.25) is 0 Å². The molecule has 0 aromatic heterocycles. The number of hydrogen-bond acceptors (Lipinski definition) is 1. The summed E-state index contributed by atoms with van der Waals surface area (Å²) in [6.45, 7) is 12.9. The Labute approximate surface area is 109 Å². The summed E-state index contributed by atoms with van der Waals surface area (Å²) >= 11 is 3.44. The smallest absolute Gasteiger partial charge is 0.220 e. The number of carbonyl (C=O) groups is 1. The molecule has 16 heavy (non-hydrogen) atoms. The van der Waals surface area contributed by atoms with E-state index in [9.17, 15) is 4.79 Å². The van der Waals surface area contributed by atoms with Crippen molar-refractivity contribution in [2.24, 2.45) is 17.3 Å².